The van der Waals surface area contributed by atoms with Crippen molar-refractivity contribution in [1.82, 2.24) is 14.8 Å². The molecule has 1 aliphatic rings. The van der Waals surface area contributed by atoms with Crippen LogP contribution in [-0.2, 0) is 23.6 Å². The van der Waals surface area contributed by atoms with Gasteiger partial charge in [-0.05, 0) is 60.2 Å². The van der Waals surface area contributed by atoms with Gasteiger partial charge in [-0.1, -0.05) is 0 Å². The van der Waals surface area contributed by atoms with Gasteiger partial charge in [0.2, 0.25) is 5.91 Å². The molecule has 0 unspecified atom stereocenters. The van der Waals surface area contributed by atoms with Gasteiger partial charge in [0.05, 0.1) is 17.5 Å². The monoisotopic (exact) mass is 550 g/mol. The standard InChI is InChI=1S/C27H24F6N4O2/c1-35(23-6-8-34-9-7-23)22-4-2-19(3-5-22)25(39)37-12-10-36(11-13-37)24(38)16-18-14-20(26(28,29)30)17-21(15-18)27(31,32)33/h2-9,14-15,17H,10-13,16H2,1H3. The fourth-order valence-electron chi connectivity index (χ4n) is 4.29. The number of amides is 2. The van der Waals surface area contributed by atoms with Crippen LogP contribution in [0.3, 0.4) is 0 Å². The van der Waals surface area contributed by atoms with Crippen LogP contribution < -0.4 is 4.90 Å². The van der Waals surface area contributed by atoms with Gasteiger partial charge in [-0.25, -0.2) is 0 Å². The number of alkyl halides is 6. The number of hydrogen-bond acceptors (Lipinski definition) is 4. The zero-order valence-corrected chi connectivity index (χ0v) is 20.8. The van der Waals surface area contributed by atoms with E-state index in [1.54, 1.807) is 41.6 Å². The highest BCUT2D eigenvalue weighted by Crippen LogP contribution is 2.36. The molecular formula is C27H24F6N4O2. The van der Waals surface area contributed by atoms with E-state index in [0.717, 1.165) is 11.4 Å². The maximum atomic E-state index is 13.1. The van der Waals surface area contributed by atoms with Crippen molar-refractivity contribution in [3.63, 3.8) is 0 Å². The van der Waals surface area contributed by atoms with Crippen LogP contribution in [0.25, 0.3) is 0 Å². The number of pyridine rings is 1. The number of carbonyl (C=O) groups is 2. The molecule has 0 bridgehead atoms. The lowest BCUT2D eigenvalue weighted by molar-refractivity contribution is -0.143. The summed E-state index contributed by atoms with van der Waals surface area (Å²) in [6.07, 6.45) is -7.25. The molecule has 1 aliphatic heterocycles. The van der Waals surface area contributed by atoms with Gasteiger partial charge in [-0.2, -0.15) is 26.3 Å². The molecule has 206 valence electrons. The quantitative estimate of drug-likeness (QED) is 0.399. The van der Waals surface area contributed by atoms with Crippen molar-refractivity contribution in [2.75, 3.05) is 38.1 Å². The summed E-state index contributed by atoms with van der Waals surface area (Å²) in [6, 6.07) is 11.8. The first-order chi connectivity index (χ1) is 18.3. The number of anilines is 2. The van der Waals surface area contributed by atoms with Gasteiger partial charge >= 0.3 is 12.4 Å². The maximum absolute atomic E-state index is 13.1. The van der Waals surface area contributed by atoms with Crippen molar-refractivity contribution in [3.05, 3.63) is 89.2 Å². The summed E-state index contributed by atoms with van der Waals surface area (Å²) in [5.74, 6) is -0.856. The van der Waals surface area contributed by atoms with E-state index in [1.807, 2.05) is 24.1 Å². The predicted molar refractivity (Wildman–Crippen MR) is 131 cm³/mol. The van der Waals surface area contributed by atoms with E-state index in [9.17, 15) is 35.9 Å². The lowest BCUT2D eigenvalue weighted by Gasteiger charge is -2.35. The molecule has 0 atom stereocenters. The minimum absolute atomic E-state index is 0.0298. The topological polar surface area (TPSA) is 56.8 Å². The van der Waals surface area contributed by atoms with Crippen molar-refractivity contribution in [3.8, 4) is 0 Å². The first-order valence-electron chi connectivity index (χ1n) is 11.9. The number of halogens is 6. The number of aromatic nitrogens is 1. The summed E-state index contributed by atoms with van der Waals surface area (Å²) in [4.78, 5) is 34.5. The fourth-order valence-corrected chi connectivity index (χ4v) is 4.29. The highest BCUT2D eigenvalue weighted by Gasteiger charge is 2.37. The minimum Gasteiger partial charge on any atom is -0.345 e. The minimum atomic E-state index is -4.99. The second-order valence-corrected chi connectivity index (χ2v) is 9.08. The van der Waals surface area contributed by atoms with E-state index in [0.29, 0.717) is 17.7 Å². The van der Waals surface area contributed by atoms with Crippen molar-refractivity contribution in [2.45, 2.75) is 18.8 Å². The number of piperazine rings is 1. The zero-order valence-electron chi connectivity index (χ0n) is 20.8. The third-order valence-electron chi connectivity index (χ3n) is 6.47. The van der Waals surface area contributed by atoms with Gasteiger partial charge in [-0.15, -0.1) is 0 Å². The molecule has 1 fully saturated rings. The van der Waals surface area contributed by atoms with E-state index < -0.39 is 35.8 Å². The van der Waals surface area contributed by atoms with Crippen molar-refractivity contribution in [2.24, 2.45) is 0 Å². The van der Waals surface area contributed by atoms with Crippen LogP contribution in [-0.4, -0.2) is 59.8 Å². The van der Waals surface area contributed by atoms with Crippen molar-refractivity contribution >= 4 is 23.2 Å². The molecule has 6 nitrogen and oxygen atoms in total. The highest BCUT2D eigenvalue weighted by molar-refractivity contribution is 5.95. The highest BCUT2D eigenvalue weighted by atomic mass is 19.4. The molecule has 3 aromatic rings. The summed E-state index contributed by atoms with van der Waals surface area (Å²) in [5.41, 5.74) is -1.08. The Bertz CT molecular complexity index is 1290. The molecule has 2 aromatic carbocycles. The van der Waals surface area contributed by atoms with Gasteiger partial charge in [0.15, 0.2) is 0 Å². The Morgan fingerprint density at radius 3 is 1.77 bits per heavy atom. The van der Waals surface area contributed by atoms with Crippen LogP contribution >= 0.6 is 0 Å². The molecule has 4 rings (SSSR count). The van der Waals surface area contributed by atoms with Crippen molar-refractivity contribution in [1.29, 1.82) is 0 Å². The summed E-state index contributed by atoms with van der Waals surface area (Å²) in [7, 11) is 1.88. The summed E-state index contributed by atoms with van der Waals surface area (Å²) >= 11 is 0. The molecule has 12 heteroatoms. The van der Waals surface area contributed by atoms with Crippen LogP contribution in [0, 0.1) is 0 Å². The Morgan fingerprint density at radius 2 is 1.26 bits per heavy atom. The Kier molecular flexibility index (Phi) is 7.84. The smallest absolute Gasteiger partial charge is 0.345 e. The summed E-state index contributed by atoms with van der Waals surface area (Å²) in [5, 5.41) is 0. The molecular weight excluding hydrogens is 526 g/mol. The number of hydrogen-bond donors (Lipinski definition) is 0. The summed E-state index contributed by atoms with van der Waals surface area (Å²) in [6.45, 7) is 0.580. The molecule has 0 radical (unpaired) electrons. The van der Waals surface area contributed by atoms with Crippen LogP contribution in [0.15, 0.2) is 67.0 Å². The first kappa shape index (κ1) is 27.9. The largest absolute Gasteiger partial charge is 0.416 e. The van der Waals surface area contributed by atoms with Gasteiger partial charge in [0.25, 0.3) is 5.91 Å². The second-order valence-electron chi connectivity index (χ2n) is 9.08. The number of carbonyl (C=O) groups excluding carboxylic acids is 2. The Labute approximate surface area is 220 Å². The van der Waals surface area contributed by atoms with Gasteiger partial charge in [0, 0.05) is 62.6 Å². The van der Waals surface area contributed by atoms with Crippen molar-refractivity contribution < 1.29 is 35.9 Å². The molecule has 39 heavy (non-hydrogen) atoms. The maximum Gasteiger partial charge on any atom is 0.416 e. The van der Waals surface area contributed by atoms with Crippen LogP contribution in [0.1, 0.15) is 27.0 Å². The normalized spacial score (nSPS) is 14.3. The summed E-state index contributed by atoms with van der Waals surface area (Å²) < 4.78 is 78.7. The van der Waals surface area contributed by atoms with E-state index in [4.69, 9.17) is 0 Å². The van der Waals surface area contributed by atoms with Gasteiger partial charge in [-0.3, -0.25) is 14.6 Å². The van der Waals surface area contributed by atoms with E-state index in [2.05, 4.69) is 4.98 Å². The molecule has 2 amide bonds. The molecule has 1 saturated heterocycles. The molecule has 0 spiro atoms. The molecule has 1 aromatic heterocycles. The number of benzene rings is 2. The zero-order chi connectivity index (χ0) is 28.4. The predicted octanol–water partition coefficient (Wildman–Crippen LogP) is 5.41. The number of rotatable bonds is 5. The second kappa shape index (κ2) is 11.0. The Morgan fingerprint density at radius 1 is 0.769 bits per heavy atom. The molecule has 0 saturated carbocycles. The Hall–Kier alpha value is -4.09. The van der Waals surface area contributed by atoms with E-state index in [-0.39, 0.29) is 43.7 Å². The fraction of sp³-hybridized carbons (Fsp3) is 0.296. The molecule has 0 aliphatic carbocycles. The van der Waals surface area contributed by atoms with Crippen LogP contribution in [0.5, 0.6) is 0 Å². The van der Waals surface area contributed by atoms with Gasteiger partial charge in [0.1, 0.15) is 0 Å². The lowest BCUT2D eigenvalue weighted by Crippen LogP contribution is -2.51. The third kappa shape index (κ3) is 6.68. The average Bonchev–Trinajstić information content (AvgIpc) is 2.92. The van der Waals surface area contributed by atoms with E-state index >= 15 is 0 Å². The SMILES string of the molecule is CN(c1ccncc1)c1ccc(C(=O)N2CCN(C(=O)Cc3cc(C(F)(F)F)cc(C(F)(F)F)c3)CC2)cc1. The van der Waals surface area contributed by atoms with Crippen LogP contribution in [0.4, 0.5) is 37.7 Å². The lowest BCUT2D eigenvalue weighted by atomic mass is 10.0. The average molecular weight is 551 g/mol. The number of nitrogens with zero attached hydrogens (tertiary/aromatic N) is 4. The molecule has 2 heterocycles. The Balaban J connectivity index is 1.37. The van der Waals surface area contributed by atoms with E-state index in [1.165, 1.54) is 4.90 Å². The van der Waals surface area contributed by atoms with Crippen LogP contribution in [0.2, 0.25) is 0 Å². The first-order valence-corrected chi connectivity index (χ1v) is 11.9. The third-order valence-corrected chi connectivity index (χ3v) is 6.47. The molecule has 0 N–H and O–H groups in total. The van der Waals surface area contributed by atoms with Gasteiger partial charge < -0.3 is 14.7 Å².